The van der Waals surface area contributed by atoms with Gasteiger partial charge >= 0.3 is 0 Å². The van der Waals surface area contributed by atoms with Gasteiger partial charge in [-0.2, -0.15) is 5.10 Å². The van der Waals surface area contributed by atoms with Crippen molar-refractivity contribution in [2.24, 2.45) is 0 Å². The predicted octanol–water partition coefficient (Wildman–Crippen LogP) is 2.54. The maximum Gasteiger partial charge on any atom is 0.245 e. The third-order valence-electron chi connectivity index (χ3n) is 2.54. The van der Waals surface area contributed by atoms with Crippen LogP contribution in [0.2, 0.25) is 0 Å². The SMILES string of the molecule is Cc1cc(O)cc(Oc2nccn3nccc23)c1. The van der Waals surface area contributed by atoms with E-state index in [1.807, 2.05) is 19.1 Å². The van der Waals surface area contributed by atoms with Crippen molar-refractivity contribution in [3.05, 3.63) is 48.4 Å². The van der Waals surface area contributed by atoms with E-state index in [1.165, 1.54) is 0 Å². The largest absolute Gasteiger partial charge is 0.508 e. The smallest absolute Gasteiger partial charge is 0.245 e. The molecule has 2 heterocycles. The molecule has 0 fully saturated rings. The van der Waals surface area contributed by atoms with Gasteiger partial charge in [0.2, 0.25) is 5.88 Å². The minimum absolute atomic E-state index is 0.172. The second-order valence-electron chi connectivity index (χ2n) is 4.00. The molecule has 0 amide bonds. The van der Waals surface area contributed by atoms with Crippen LogP contribution >= 0.6 is 0 Å². The highest BCUT2D eigenvalue weighted by molar-refractivity contribution is 5.56. The van der Waals surface area contributed by atoms with Gasteiger partial charge in [0.1, 0.15) is 17.0 Å². The molecule has 3 rings (SSSR count). The molecule has 0 atom stereocenters. The second-order valence-corrected chi connectivity index (χ2v) is 4.00. The Morgan fingerprint density at radius 1 is 1.22 bits per heavy atom. The number of nitrogens with zero attached hydrogens (tertiary/aromatic N) is 3. The van der Waals surface area contributed by atoms with E-state index in [0.29, 0.717) is 11.6 Å². The van der Waals surface area contributed by atoms with Crippen LogP contribution in [-0.4, -0.2) is 19.7 Å². The summed E-state index contributed by atoms with van der Waals surface area (Å²) < 4.78 is 7.36. The zero-order chi connectivity index (χ0) is 12.5. The zero-order valence-electron chi connectivity index (χ0n) is 9.74. The molecule has 5 nitrogen and oxygen atoms in total. The van der Waals surface area contributed by atoms with Crippen LogP contribution in [-0.2, 0) is 0 Å². The number of aryl methyl sites for hydroxylation is 1. The summed E-state index contributed by atoms with van der Waals surface area (Å²) in [6.07, 6.45) is 5.04. The molecule has 5 heteroatoms. The van der Waals surface area contributed by atoms with Crippen LogP contribution in [0.3, 0.4) is 0 Å². The van der Waals surface area contributed by atoms with Gasteiger partial charge in [-0.3, -0.25) is 0 Å². The van der Waals surface area contributed by atoms with Gasteiger partial charge in [-0.05, 0) is 30.7 Å². The molecule has 0 aliphatic heterocycles. The van der Waals surface area contributed by atoms with Crippen molar-refractivity contribution in [1.82, 2.24) is 14.6 Å². The molecular weight excluding hydrogens is 230 g/mol. The van der Waals surface area contributed by atoms with E-state index in [1.54, 1.807) is 35.2 Å². The number of rotatable bonds is 2. The van der Waals surface area contributed by atoms with Crippen LogP contribution in [0, 0.1) is 6.92 Å². The normalized spacial score (nSPS) is 10.7. The average Bonchev–Trinajstić information content (AvgIpc) is 2.76. The Morgan fingerprint density at radius 3 is 2.94 bits per heavy atom. The quantitative estimate of drug-likeness (QED) is 0.749. The summed E-state index contributed by atoms with van der Waals surface area (Å²) in [5.74, 6) is 1.18. The molecule has 0 aliphatic rings. The van der Waals surface area contributed by atoms with Gasteiger partial charge in [0.25, 0.3) is 0 Å². The number of hydrogen-bond acceptors (Lipinski definition) is 4. The number of hydrogen-bond donors (Lipinski definition) is 1. The second kappa shape index (κ2) is 4.03. The number of phenolic OH excluding ortho intramolecular Hbond substituents is 1. The molecule has 3 aromatic rings. The molecule has 0 bridgehead atoms. The third-order valence-corrected chi connectivity index (χ3v) is 2.54. The molecule has 0 radical (unpaired) electrons. The number of aromatic hydroxyl groups is 1. The number of aromatic nitrogens is 3. The van der Waals surface area contributed by atoms with Crippen molar-refractivity contribution in [2.75, 3.05) is 0 Å². The first-order chi connectivity index (χ1) is 8.72. The average molecular weight is 241 g/mol. The van der Waals surface area contributed by atoms with Gasteiger partial charge < -0.3 is 9.84 Å². The van der Waals surface area contributed by atoms with Gasteiger partial charge in [0.15, 0.2) is 0 Å². The molecule has 1 N–H and O–H groups in total. The summed E-state index contributed by atoms with van der Waals surface area (Å²) in [4.78, 5) is 4.17. The molecule has 0 saturated carbocycles. The zero-order valence-corrected chi connectivity index (χ0v) is 9.74. The monoisotopic (exact) mass is 241 g/mol. The lowest BCUT2D eigenvalue weighted by molar-refractivity contribution is 0.446. The number of fused-ring (bicyclic) bond motifs is 1. The Morgan fingerprint density at radius 2 is 2.11 bits per heavy atom. The minimum atomic E-state index is 0.172. The standard InChI is InChI=1S/C13H11N3O2/c1-9-6-10(17)8-11(7-9)18-13-12-2-3-15-16(12)5-4-14-13/h2-8,17H,1H3. The van der Waals surface area contributed by atoms with E-state index in [0.717, 1.165) is 11.1 Å². The molecule has 0 aliphatic carbocycles. The highest BCUT2D eigenvalue weighted by atomic mass is 16.5. The maximum absolute atomic E-state index is 9.53. The first kappa shape index (κ1) is 10.6. The van der Waals surface area contributed by atoms with E-state index < -0.39 is 0 Å². The number of ether oxygens (including phenoxy) is 1. The molecule has 90 valence electrons. The summed E-state index contributed by atoms with van der Waals surface area (Å²) in [6, 6.07) is 6.87. The molecule has 0 unspecified atom stereocenters. The fraction of sp³-hybridized carbons (Fsp3) is 0.0769. The first-order valence-corrected chi connectivity index (χ1v) is 5.49. The summed E-state index contributed by atoms with van der Waals surface area (Å²) in [6.45, 7) is 1.89. The summed E-state index contributed by atoms with van der Waals surface area (Å²) in [5.41, 5.74) is 1.70. The van der Waals surface area contributed by atoms with Crippen molar-refractivity contribution in [2.45, 2.75) is 6.92 Å². The molecule has 0 saturated heterocycles. The lowest BCUT2D eigenvalue weighted by Gasteiger charge is -2.07. The Kier molecular flexibility index (Phi) is 2.37. The fourth-order valence-electron chi connectivity index (χ4n) is 1.81. The number of phenols is 1. The Bertz CT molecular complexity index is 686. The summed E-state index contributed by atoms with van der Waals surface area (Å²) in [7, 11) is 0. The van der Waals surface area contributed by atoms with Crippen LogP contribution in [0.1, 0.15) is 5.56 Å². The Labute approximate surface area is 103 Å². The van der Waals surface area contributed by atoms with Gasteiger partial charge in [-0.25, -0.2) is 9.50 Å². The van der Waals surface area contributed by atoms with Crippen LogP contribution in [0.4, 0.5) is 0 Å². The van der Waals surface area contributed by atoms with Crippen LogP contribution in [0.5, 0.6) is 17.4 Å². The molecular formula is C13H11N3O2. The van der Waals surface area contributed by atoms with Crippen molar-refractivity contribution in [1.29, 1.82) is 0 Å². The predicted molar refractivity (Wildman–Crippen MR) is 65.9 cm³/mol. The van der Waals surface area contributed by atoms with Crippen LogP contribution in [0.15, 0.2) is 42.9 Å². The van der Waals surface area contributed by atoms with Crippen LogP contribution < -0.4 is 4.74 Å². The molecule has 2 aromatic heterocycles. The topological polar surface area (TPSA) is 59.7 Å². The Balaban J connectivity index is 2.03. The summed E-state index contributed by atoms with van der Waals surface area (Å²) in [5, 5.41) is 13.6. The highest BCUT2D eigenvalue weighted by Gasteiger charge is 2.06. The van der Waals surface area contributed by atoms with Gasteiger partial charge in [0.05, 0.1) is 6.20 Å². The van der Waals surface area contributed by atoms with Crippen molar-refractivity contribution < 1.29 is 9.84 Å². The van der Waals surface area contributed by atoms with Gasteiger partial charge in [-0.15, -0.1) is 0 Å². The lowest BCUT2D eigenvalue weighted by Crippen LogP contribution is -1.93. The fourth-order valence-corrected chi connectivity index (χ4v) is 1.81. The lowest BCUT2D eigenvalue weighted by atomic mass is 10.2. The maximum atomic E-state index is 9.53. The molecule has 18 heavy (non-hydrogen) atoms. The van der Waals surface area contributed by atoms with Crippen molar-refractivity contribution in [3.8, 4) is 17.4 Å². The first-order valence-electron chi connectivity index (χ1n) is 5.49. The third kappa shape index (κ3) is 1.86. The number of benzene rings is 1. The highest BCUT2D eigenvalue weighted by Crippen LogP contribution is 2.27. The molecule has 1 aromatic carbocycles. The van der Waals surface area contributed by atoms with E-state index >= 15 is 0 Å². The van der Waals surface area contributed by atoms with Crippen molar-refractivity contribution in [3.63, 3.8) is 0 Å². The van der Waals surface area contributed by atoms with Gasteiger partial charge in [0, 0.05) is 18.5 Å². The molecule has 0 spiro atoms. The van der Waals surface area contributed by atoms with E-state index in [2.05, 4.69) is 10.1 Å². The van der Waals surface area contributed by atoms with Crippen LogP contribution in [0.25, 0.3) is 5.52 Å². The van der Waals surface area contributed by atoms with E-state index in [9.17, 15) is 5.11 Å². The van der Waals surface area contributed by atoms with E-state index in [-0.39, 0.29) is 5.75 Å². The Hall–Kier alpha value is -2.56. The van der Waals surface area contributed by atoms with E-state index in [4.69, 9.17) is 4.74 Å². The van der Waals surface area contributed by atoms with Gasteiger partial charge in [-0.1, -0.05) is 0 Å². The van der Waals surface area contributed by atoms with Crippen molar-refractivity contribution >= 4 is 5.52 Å². The summed E-state index contributed by atoms with van der Waals surface area (Å²) >= 11 is 0. The minimum Gasteiger partial charge on any atom is -0.508 e.